The molecule has 3 aliphatic heterocycles. The van der Waals surface area contributed by atoms with Crippen LogP contribution in [0.4, 0.5) is 11.4 Å². The van der Waals surface area contributed by atoms with Gasteiger partial charge < -0.3 is 39.4 Å². The zero-order valence-electron chi connectivity index (χ0n) is 17.9. The first-order chi connectivity index (χ1) is 15.3. The Balaban J connectivity index is 1.25. The SMILES string of the molecule is COc1ccc(N2CCNCC2)c(OCC2Oc3ccc(N4CCNCC4)cc3O2)c1. The van der Waals surface area contributed by atoms with E-state index in [-0.39, 0.29) is 0 Å². The summed E-state index contributed by atoms with van der Waals surface area (Å²) in [5, 5.41) is 6.77. The lowest BCUT2D eigenvalue weighted by molar-refractivity contribution is 0.00792. The fourth-order valence-corrected chi connectivity index (χ4v) is 4.24. The van der Waals surface area contributed by atoms with Crippen LogP contribution in [0.1, 0.15) is 0 Å². The van der Waals surface area contributed by atoms with E-state index in [2.05, 4.69) is 38.6 Å². The summed E-state index contributed by atoms with van der Waals surface area (Å²) < 4.78 is 23.6. The second kappa shape index (κ2) is 9.11. The fraction of sp³-hybridized carbons (Fsp3) is 0.478. The summed E-state index contributed by atoms with van der Waals surface area (Å²) in [6.07, 6.45) is -0.477. The summed E-state index contributed by atoms with van der Waals surface area (Å²) in [6, 6.07) is 12.1. The number of ether oxygens (including phenoxy) is 4. The normalized spacial score (nSPS) is 20.6. The van der Waals surface area contributed by atoms with E-state index in [1.54, 1.807) is 7.11 Å². The number of rotatable bonds is 6. The van der Waals surface area contributed by atoms with Gasteiger partial charge in [0.2, 0.25) is 0 Å². The van der Waals surface area contributed by atoms with Gasteiger partial charge in [0.05, 0.1) is 12.8 Å². The zero-order chi connectivity index (χ0) is 21.0. The van der Waals surface area contributed by atoms with Gasteiger partial charge in [0.1, 0.15) is 11.5 Å². The van der Waals surface area contributed by atoms with Gasteiger partial charge in [-0.15, -0.1) is 0 Å². The maximum Gasteiger partial charge on any atom is 0.275 e. The first-order valence-corrected chi connectivity index (χ1v) is 11.0. The maximum absolute atomic E-state index is 6.18. The maximum atomic E-state index is 6.18. The predicted octanol–water partition coefficient (Wildman–Crippen LogP) is 1.69. The van der Waals surface area contributed by atoms with Crippen LogP contribution in [0.15, 0.2) is 36.4 Å². The van der Waals surface area contributed by atoms with Crippen LogP contribution in [-0.2, 0) is 0 Å². The van der Waals surface area contributed by atoms with E-state index in [0.717, 1.165) is 81.0 Å². The monoisotopic (exact) mass is 426 g/mol. The number of nitrogens with one attached hydrogen (secondary N) is 2. The van der Waals surface area contributed by atoms with Crippen molar-refractivity contribution in [1.29, 1.82) is 0 Å². The molecule has 0 saturated carbocycles. The Morgan fingerprint density at radius 1 is 0.871 bits per heavy atom. The summed E-state index contributed by atoms with van der Waals surface area (Å²) in [6.45, 7) is 8.11. The number of hydrogen-bond donors (Lipinski definition) is 2. The molecule has 1 unspecified atom stereocenters. The van der Waals surface area contributed by atoms with E-state index in [1.807, 2.05) is 18.2 Å². The van der Waals surface area contributed by atoms with Crippen molar-refractivity contribution in [2.45, 2.75) is 6.29 Å². The topological polar surface area (TPSA) is 67.5 Å². The van der Waals surface area contributed by atoms with Crippen molar-refractivity contribution in [2.75, 3.05) is 75.9 Å². The Labute approximate surface area is 183 Å². The van der Waals surface area contributed by atoms with Gasteiger partial charge in [0, 0.05) is 70.2 Å². The van der Waals surface area contributed by atoms with Crippen molar-refractivity contribution in [3.05, 3.63) is 36.4 Å². The van der Waals surface area contributed by atoms with Crippen LogP contribution in [0.5, 0.6) is 23.0 Å². The zero-order valence-corrected chi connectivity index (χ0v) is 17.9. The van der Waals surface area contributed by atoms with Gasteiger partial charge >= 0.3 is 0 Å². The van der Waals surface area contributed by atoms with Crippen LogP contribution in [-0.4, -0.2) is 72.4 Å². The highest BCUT2D eigenvalue weighted by atomic mass is 16.7. The van der Waals surface area contributed by atoms with Crippen molar-refractivity contribution in [1.82, 2.24) is 10.6 Å². The summed E-state index contributed by atoms with van der Waals surface area (Å²) in [5.41, 5.74) is 2.23. The second-order valence-corrected chi connectivity index (χ2v) is 7.92. The molecule has 8 heteroatoms. The van der Waals surface area contributed by atoms with Crippen LogP contribution in [0.2, 0.25) is 0 Å². The molecular weight excluding hydrogens is 396 g/mol. The molecular formula is C23H30N4O4. The van der Waals surface area contributed by atoms with Gasteiger partial charge in [-0.3, -0.25) is 0 Å². The van der Waals surface area contributed by atoms with Crippen LogP contribution in [0, 0.1) is 0 Å². The minimum atomic E-state index is -0.477. The smallest absolute Gasteiger partial charge is 0.275 e. The molecule has 3 heterocycles. The van der Waals surface area contributed by atoms with E-state index in [1.165, 1.54) is 5.69 Å². The fourth-order valence-electron chi connectivity index (χ4n) is 4.24. The lowest BCUT2D eigenvalue weighted by Gasteiger charge is -2.31. The standard InChI is InChI=1S/C23H30N4O4/c1-28-18-3-4-19(27-12-8-25-9-13-27)21(15-18)29-16-23-30-20-5-2-17(14-22(20)31-23)26-10-6-24-7-11-26/h2-5,14-15,23-25H,6-13,16H2,1H3. The van der Waals surface area contributed by atoms with Crippen LogP contribution in [0.3, 0.4) is 0 Å². The van der Waals surface area contributed by atoms with Gasteiger partial charge in [-0.25, -0.2) is 0 Å². The summed E-state index contributed by atoms with van der Waals surface area (Å²) >= 11 is 0. The molecule has 166 valence electrons. The third kappa shape index (κ3) is 4.45. The van der Waals surface area contributed by atoms with Gasteiger partial charge in [-0.1, -0.05) is 0 Å². The highest BCUT2D eigenvalue weighted by Crippen LogP contribution is 2.39. The molecule has 31 heavy (non-hydrogen) atoms. The van der Waals surface area contributed by atoms with E-state index in [9.17, 15) is 0 Å². The van der Waals surface area contributed by atoms with Gasteiger partial charge in [-0.05, 0) is 24.3 Å². The molecule has 2 N–H and O–H groups in total. The molecule has 2 aromatic carbocycles. The molecule has 2 fully saturated rings. The predicted molar refractivity (Wildman–Crippen MR) is 120 cm³/mol. The van der Waals surface area contributed by atoms with Crippen molar-refractivity contribution in [3.8, 4) is 23.0 Å². The number of nitrogens with zero attached hydrogens (tertiary/aromatic N) is 2. The molecule has 5 rings (SSSR count). The Bertz CT molecular complexity index is 897. The van der Waals surface area contributed by atoms with Crippen molar-refractivity contribution >= 4 is 11.4 Å². The van der Waals surface area contributed by atoms with E-state index in [0.29, 0.717) is 6.61 Å². The van der Waals surface area contributed by atoms with Gasteiger partial charge in [0.15, 0.2) is 18.1 Å². The van der Waals surface area contributed by atoms with Crippen LogP contribution in [0.25, 0.3) is 0 Å². The van der Waals surface area contributed by atoms with Crippen molar-refractivity contribution in [2.24, 2.45) is 0 Å². The molecule has 0 amide bonds. The first-order valence-electron chi connectivity index (χ1n) is 11.0. The van der Waals surface area contributed by atoms with Gasteiger partial charge in [-0.2, -0.15) is 0 Å². The molecule has 0 spiro atoms. The minimum absolute atomic E-state index is 0.296. The number of fused-ring (bicyclic) bond motifs is 1. The Kier molecular flexibility index (Phi) is 5.90. The van der Waals surface area contributed by atoms with E-state index in [4.69, 9.17) is 18.9 Å². The number of benzene rings is 2. The Hall–Kier alpha value is -2.84. The van der Waals surface area contributed by atoms with E-state index >= 15 is 0 Å². The van der Waals surface area contributed by atoms with Crippen LogP contribution < -0.4 is 39.4 Å². The lowest BCUT2D eigenvalue weighted by Crippen LogP contribution is -2.43. The first kappa shape index (κ1) is 20.1. The molecule has 8 nitrogen and oxygen atoms in total. The third-order valence-electron chi connectivity index (χ3n) is 5.93. The average molecular weight is 427 g/mol. The Morgan fingerprint density at radius 2 is 1.58 bits per heavy atom. The molecule has 2 aromatic rings. The van der Waals surface area contributed by atoms with Crippen LogP contribution >= 0.6 is 0 Å². The molecule has 1 atom stereocenters. The Morgan fingerprint density at radius 3 is 2.32 bits per heavy atom. The highest BCUT2D eigenvalue weighted by molar-refractivity contribution is 5.61. The minimum Gasteiger partial charge on any atom is -0.497 e. The van der Waals surface area contributed by atoms with Crippen molar-refractivity contribution < 1.29 is 18.9 Å². The molecule has 0 aliphatic carbocycles. The summed E-state index contributed by atoms with van der Waals surface area (Å²) in [5.74, 6) is 3.09. The molecule has 0 aromatic heterocycles. The lowest BCUT2D eigenvalue weighted by atomic mass is 10.2. The molecule has 3 aliphatic rings. The van der Waals surface area contributed by atoms with E-state index < -0.39 is 6.29 Å². The average Bonchev–Trinajstić information content (AvgIpc) is 3.26. The number of methoxy groups -OCH3 is 1. The number of anilines is 2. The highest BCUT2D eigenvalue weighted by Gasteiger charge is 2.27. The van der Waals surface area contributed by atoms with Crippen molar-refractivity contribution in [3.63, 3.8) is 0 Å². The molecule has 0 radical (unpaired) electrons. The number of hydrogen-bond acceptors (Lipinski definition) is 8. The molecule has 2 saturated heterocycles. The summed E-state index contributed by atoms with van der Waals surface area (Å²) in [4.78, 5) is 4.69. The molecule has 0 bridgehead atoms. The summed E-state index contributed by atoms with van der Waals surface area (Å²) in [7, 11) is 1.67. The number of piperazine rings is 2. The quantitative estimate of drug-likeness (QED) is 0.724. The third-order valence-corrected chi connectivity index (χ3v) is 5.93. The van der Waals surface area contributed by atoms with Gasteiger partial charge in [0.25, 0.3) is 6.29 Å². The largest absolute Gasteiger partial charge is 0.497 e. The second-order valence-electron chi connectivity index (χ2n) is 7.92.